The fourth-order valence-electron chi connectivity index (χ4n) is 3.18. The SMILES string of the molecule is Cc1cc(/C=C(\C(=O)O)c2cccs2)c2c(C)ccc(C(C)C)cc1-2. The van der Waals surface area contributed by atoms with E-state index in [0.29, 0.717) is 11.5 Å². The summed E-state index contributed by atoms with van der Waals surface area (Å²) >= 11 is 1.45. The quantitative estimate of drug-likeness (QED) is 0.567. The van der Waals surface area contributed by atoms with Crippen LogP contribution in [-0.4, -0.2) is 11.1 Å². The van der Waals surface area contributed by atoms with Crippen LogP contribution in [0.1, 0.15) is 46.9 Å². The first-order valence-corrected chi connectivity index (χ1v) is 9.29. The molecule has 0 saturated carbocycles. The minimum absolute atomic E-state index is 0.344. The number of rotatable bonds is 4. The molecule has 1 N–H and O–H groups in total. The molecule has 2 nitrogen and oxygen atoms in total. The highest BCUT2D eigenvalue weighted by Crippen LogP contribution is 2.38. The Bertz CT molecular complexity index is 918. The van der Waals surface area contributed by atoms with Crippen LogP contribution in [0, 0.1) is 13.8 Å². The Labute approximate surface area is 152 Å². The van der Waals surface area contributed by atoms with E-state index < -0.39 is 5.97 Å². The molecule has 128 valence electrons. The second-order valence-corrected chi connectivity index (χ2v) is 7.67. The molecule has 0 bridgehead atoms. The predicted octanol–water partition coefficient (Wildman–Crippen LogP) is 6.22. The van der Waals surface area contributed by atoms with Gasteiger partial charge in [-0.1, -0.05) is 44.2 Å². The smallest absolute Gasteiger partial charge is 0.337 e. The van der Waals surface area contributed by atoms with Crippen molar-refractivity contribution in [1.82, 2.24) is 0 Å². The summed E-state index contributed by atoms with van der Waals surface area (Å²) < 4.78 is 0. The van der Waals surface area contributed by atoms with Crippen LogP contribution >= 0.6 is 11.3 Å². The number of hydrogen-bond acceptors (Lipinski definition) is 2. The maximum atomic E-state index is 11.8. The third kappa shape index (κ3) is 3.38. The van der Waals surface area contributed by atoms with Gasteiger partial charge in [-0.15, -0.1) is 11.3 Å². The van der Waals surface area contributed by atoms with E-state index in [9.17, 15) is 9.90 Å². The van der Waals surface area contributed by atoms with Gasteiger partial charge in [0.15, 0.2) is 0 Å². The number of thiophene rings is 1. The third-order valence-corrected chi connectivity index (χ3v) is 5.47. The summed E-state index contributed by atoms with van der Waals surface area (Å²) in [7, 11) is 0. The van der Waals surface area contributed by atoms with Gasteiger partial charge in [0.2, 0.25) is 0 Å². The van der Waals surface area contributed by atoms with E-state index in [4.69, 9.17) is 0 Å². The summed E-state index contributed by atoms with van der Waals surface area (Å²) in [5, 5.41) is 11.6. The molecule has 2 aliphatic rings. The molecule has 3 heteroatoms. The van der Waals surface area contributed by atoms with Gasteiger partial charge < -0.3 is 5.11 Å². The minimum Gasteiger partial charge on any atom is -0.478 e. The molecule has 0 saturated heterocycles. The zero-order valence-electron chi connectivity index (χ0n) is 15.0. The maximum absolute atomic E-state index is 11.8. The second-order valence-electron chi connectivity index (χ2n) is 6.73. The van der Waals surface area contributed by atoms with Crippen molar-refractivity contribution >= 4 is 29.0 Å². The van der Waals surface area contributed by atoms with Crippen LogP contribution in [0.4, 0.5) is 0 Å². The molecule has 0 atom stereocenters. The van der Waals surface area contributed by atoms with Crippen LogP contribution < -0.4 is 0 Å². The predicted molar refractivity (Wildman–Crippen MR) is 106 cm³/mol. The van der Waals surface area contributed by atoms with Crippen molar-refractivity contribution in [2.24, 2.45) is 0 Å². The van der Waals surface area contributed by atoms with Crippen molar-refractivity contribution in [1.29, 1.82) is 0 Å². The number of carboxylic acid groups (broad SMARTS) is 1. The lowest BCUT2D eigenvalue weighted by atomic mass is 10.00. The van der Waals surface area contributed by atoms with E-state index in [1.54, 1.807) is 0 Å². The Morgan fingerprint density at radius 1 is 1.12 bits per heavy atom. The number of carboxylic acids is 1. The summed E-state index contributed by atoms with van der Waals surface area (Å²) in [4.78, 5) is 12.6. The molecule has 0 amide bonds. The summed E-state index contributed by atoms with van der Waals surface area (Å²) in [5.41, 5.74) is 7.29. The van der Waals surface area contributed by atoms with Gasteiger partial charge >= 0.3 is 5.97 Å². The van der Waals surface area contributed by atoms with Gasteiger partial charge in [0.1, 0.15) is 0 Å². The molecule has 0 unspecified atom stereocenters. The molecular weight excluding hydrogens is 328 g/mol. The third-order valence-electron chi connectivity index (χ3n) is 4.57. The zero-order valence-corrected chi connectivity index (χ0v) is 15.8. The fourth-order valence-corrected chi connectivity index (χ4v) is 3.91. The Balaban J connectivity index is 2.23. The molecule has 1 aromatic heterocycles. The highest BCUT2D eigenvalue weighted by Gasteiger charge is 2.18. The Hall–Kier alpha value is -2.39. The van der Waals surface area contributed by atoms with E-state index in [0.717, 1.165) is 21.6 Å². The standard InChI is InChI=1S/C22H22O2S/c1-13(2)16-8-7-14(3)21-17(10-15(4)18(21)11-16)12-19(22(23)24)20-6-5-9-25-20/h5-13H,1-4H3,(H,23,24)/b19-12-. The van der Waals surface area contributed by atoms with Gasteiger partial charge in [-0.05, 0) is 70.7 Å². The van der Waals surface area contributed by atoms with Crippen LogP contribution in [0.2, 0.25) is 0 Å². The topological polar surface area (TPSA) is 37.3 Å². The van der Waals surface area contributed by atoms with Crippen LogP contribution in [0.15, 0.2) is 41.8 Å². The molecule has 0 fully saturated rings. The normalized spacial score (nSPS) is 12.1. The maximum Gasteiger partial charge on any atom is 0.337 e. The summed E-state index contributed by atoms with van der Waals surface area (Å²) in [6.07, 6.45) is 1.81. The zero-order chi connectivity index (χ0) is 18.1. The van der Waals surface area contributed by atoms with Gasteiger partial charge in [0, 0.05) is 4.88 Å². The van der Waals surface area contributed by atoms with E-state index >= 15 is 0 Å². The van der Waals surface area contributed by atoms with Gasteiger partial charge in [-0.2, -0.15) is 0 Å². The van der Waals surface area contributed by atoms with Crippen LogP contribution in [-0.2, 0) is 4.79 Å². The van der Waals surface area contributed by atoms with Gasteiger partial charge in [0.05, 0.1) is 5.57 Å². The first-order valence-electron chi connectivity index (χ1n) is 8.41. The summed E-state index contributed by atoms with van der Waals surface area (Å²) in [5.74, 6) is -0.445. The van der Waals surface area contributed by atoms with E-state index in [1.165, 1.54) is 28.0 Å². The lowest BCUT2D eigenvalue weighted by Crippen LogP contribution is -1.97. The lowest BCUT2D eigenvalue weighted by molar-refractivity contribution is -0.130. The lowest BCUT2D eigenvalue weighted by Gasteiger charge is -2.05. The Kier molecular flexibility index (Phi) is 4.78. The average Bonchev–Trinajstić information content (AvgIpc) is 3.12. The molecular formula is C22H22O2S. The number of carbonyl (C=O) groups is 1. The van der Waals surface area contributed by atoms with Crippen molar-refractivity contribution in [3.05, 3.63) is 68.9 Å². The first kappa shape index (κ1) is 17.4. The summed E-state index contributed by atoms with van der Waals surface area (Å²) in [6.45, 7) is 8.56. The molecule has 0 radical (unpaired) electrons. The molecule has 0 aromatic carbocycles. The van der Waals surface area contributed by atoms with Crippen molar-refractivity contribution in [2.75, 3.05) is 0 Å². The highest BCUT2D eigenvalue weighted by atomic mass is 32.1. The van der Waals surface area contributed by atoms with Crippen molar-refractivity contribution < 1.29 is 9.90 Å². The molecule has 1 aromatic rings. The monoisotopic (exact) mass is 350 g/mol. The molecule has 0 aliphatic heterocycles. The van der Waals surface area contributed by atoms with Gasteiger partial charge in [-0.3, -0.25) is 0 Å². The minimum atomic E-state index is -0.893. The number of aliphatic carboxylic acids is 1. The number of hydrogen-bond donors (Lipinski definition) is 1. The second kappa shape index (κ2) is 6.85. The Morgan fingerprint density at radius 3 is 2.48 bits per heavy atom. The van der Waals surface area contributed by atoms with Crippen molar-refractivity contribution in [3.63, 3.8) is 0 Å². The number of fused-ring (bicyclic) bond motifs is 1. The molecule has 25 heavy (non-hydrogen) atoms. The van der Waals surface area contributed by atoms with Crippen LogP contribution in [0.3, 0.4) is 0 Å². The first-order chi connectivity index (χ1) is 11.9. The molecule has 2 aliphatic carbocycles. The molecule has 3 rings (SSSR count). The van der Waals surface area contributed by atoms with E-state index in [1.807, 2.05) is 23.6 Å². The van der Waals surface area contributed by atoms with E-state index in [2.05, 4.69) is 52.0 Å². The largest absolute Gasteiger partial charge is 0.478 e. The highest BCUT2D eigenvalue weighted by molar-refractivity contribution is 7.11. The van der Waals surface area contributed by atoms with Gasteiger partial charge in [-0.25, -0.2) is 4.79 Å². The molecule has 1 heterocycles. The van der Waals surface area contributed by atoms with Crippen LogP contribution in [0.25, 0.3) is 22.8 Å². The molecule has 0 spiro atoms. The fraction of sp³-hybridized carbons (Fsp3) is 0.227. The Morgan fingerprint density at radius 2 is 1.88 bits per heavy atom. The van der Waals surface area contributed by atoms with Crippen molar-refractivity contribution in [2.45, 2.75) is 33.6 Å². The number of aryl methyl sites for hydroxylation is 2. The van der Waals surface area contributed by atoms with Gasteiger partial charge in [0.25, 0.3) is 0 Å². The average molecular weight is 350 g/mol. The van der Waals surface area contributed by atoms with Crippen molar-refractivity contribution in [3.8, 4) is 11.1 Å². The van der Waals surface area contributed by atoms with Crippen LogP contribution in [0.5, 0.6) is 0 Å². The summed E-state index contributed by atoms with van der Waals surface area (Å²) in [6, 6.07) is 12.4. The van der Waals surface area contributed by atoms with E-state index in [-0.39, 0.29) is 0 Å².